The van der Waals surface area contributed by atoms with Crippen molar-refractivity contribution in [3.63, 3.8) is 0 Å². The first-order chi connectivity index (χ1) is 16.6. The monoisotopic (exact) mass is 460 g/mol. The highest BCUT2D eigenvalue weighted by molar-refractivity contribution is 5.67. The molecule has 174 valence electrons. The Morgan fingerprint density at radius 3 is 2.00 bits per heavy atom. The zero-order valence-corrected chi connectivity index (χ0v) is 18.7. The van der Waals surface area contributed by atoms with Gasteiger partial charge >= 0.3 is 0 Å². The van der Waals surface area contributed by atoms with Crippen molar-refractivity contribution >= 4 is 11.4 Å². The number of piperazine rings is 1. The van der Waals surface area contributed by atoms with Crippen LogP contribution in [0.5, 0.6) is 0 Å². The molecule has 3 aromatic carbocycles. The summed E-state index contributed by atoms with van der Waals surface area (Å²) in [7, 11) is 0. The molecular weight excluding hydrogens is 434 g/mol. The molecule has 4 aromatic rings. The number of aromatic nitrogens is 3. The lowest BCUT2D eigenvalue weighted by Gasteiger charge is -2.36. The molecule has 34 heavy (non-hydrogen) atoms. The Morgan fingerprint density at radius 2 is 1.35 bits per heavy atom. The standard InChI is InChI=1S/C26H26F2N6/c27-21-9-5-19(6-10-21)25-30-26(20-7-11-22(28)12-8-20)34(31-25)18-15-32-13-16-33(17-14-32)24-4-2-1-3-23(24)29/h1-12H,13-18,29H2. The summed E-state index contributed by atoms with van der Waals surface area (Å²) in [5.74, 6) is 0.572. The SMILES string of the molecule is Nc1ccccc1N1CCN(CCn2nc(-c3ccc(F)cc3)nc2-c2ccc(F)cc2)CC1. The van der Waals surface area contributed by atoms with E-state index in [4.69, 9.17) is 15.8 Å². The molecule has 0 unspecified atom stereocenters. The first-order valence-corrected chi connectivity index (χ1v) is 11.4. The Labute approximate surface area is 197 Å². The second-order valence-corrected chi connectivity index (χ2v) is 8.38. The van der Waals surface area contributed by atoms with Gasteiger partial charge in [0.25, 0.3) is 0 Å². The minimum absolute atomic E-state index is 0.300. The van der Waals surface area contributed by atoms with E-state index in [-0.39, 0.29) is 11.6 Å². The fourth-order valence-electron chi connectivity index (χ4n) is 4.26. The molecule has 0 amide bonds. The average Bonchev–Trinajstić information content (AvgIpc) is 3.28. The lowest BCUT2D eigenvalue weighted by atomic mass is 10.2. The van der Waals surface area contributed by atoms with Gasteiger partial charge in [-0.25, -0.2) is 18.4 Å². The number of para-hydroxylation sites is 2. The van der Waals surface area contributed by atoms with Crippen molar-refractivity contribution in [2.24, 2.45) is 0 Å². The van der Waals surface area contributed by atoms with Crippen molar-refractivity contribution in [3.05, 3.63) is 84.4 Å². The predicted octanol–water partition coefficient (Wildman–Crippen LogP) is 4.29. The van der Waals surface area contributed by atoms with Crippen LogP contribution in [-0.4, -0.2) is 52.4 Å². The van der Waals surface area contributed by atoms with E-state index in [0.29, 0.717) is 18.2 Å². The molecule has 0 bridgehead atoms. The molecule has 1 aliphatic heterocycles. The molecule has 1 saturated heterocycles. The highest BCUT2D eigenvalue weighted by Gasteiger charge is 2.20. The highest BCUT2D eigenvalue weighted by Crippen LogP contribution is 2.25. The fourth-order valence-corrected chi connectivity index (χ4v) is 4.26. The minimum atomic E-state index is -0.307. The number of hydrogen-bond acceptors (Lipinski definition) is 5. The number of hydrogen-bond donors (Lipinski definition) is 1. The first kappa shape index (κ1) is 22.0. The summed E-state index contributed by atoms with van der Waals surface area (Å²) in [6.45, 7) is 5.07. The maximum absolute atomic E-state index is 13.5. The molecule has 8 heteroatoms. The summed E-state index contributed by atoms with van der Waals surface area (Å²) in [6, 6.07) is 20.3. The van der Waals surface area contributed by atoms with Crippen LogP contribution in [0.3, 0.4) is 0 Å². The molecule has 1 aliphatic rings. The number of anilines is 2. The third-order valence-electron chi connectivity index (χ3n) is 6.15. The average molecular weight is 461 g/mol. The number of halogens is 2. The van der Waals surface area contributed by atoms with Gasteiger partial charge in [-0.2, -0.15) is 5.10 Å². The van der Waals surface area contributed by atoms with Crippen molar-refractivity contribution in [2.75, 3.05) is 43.4 Å². The van der Waals surface area contributed by atoms with Crippen LogP contribution < -0.4 is 10.6 Å². The fraction of sp³-hybridized carbons (Fsp3) is 0.231. The third-order valence-corrected chi connectivity index (χ3v) is 6.15. The van der Waals surface area contributed by atoms with Gasteiger partial charge in [0.1, 0.15) is 11.6 Å². The van der Waals surface area contributed by atoms with Gasteiger partial charge < -0.3 is 10.6 Å². The summed E-state index contributed by atoms with van der Waals surface area (Å²) in [6.07, 6.45) is 0. The topological polar surface area (TPSA) is 63.2 Å². The number of nitrogens with two attached hydrogens (primary N) is 1. The summed E-state index contributed by atoms with van der Waals surface area (Å²) in [4.78, 5) is 9.41. The van der Waals surface area contributed by atoms with Crippen LogP contribution in [0.25, 0.3) is 22.8 Å². The number of rotatable bonds is 6. The molecule has 0 spiro atoms. The summed E-state index contributed by atoms with van der Waals surface area (Å²) in [5, 5.41) is 4.70. The molecule has 5 rings (SSSR count). The zero-order chi connectivity index (χ0) is 23.5. The van der Waals surface area contributed by atoms with E-state index >= 15 is 0 Å². The number of nitrogen functional groups attached to an aromatic ring is 1. The molecule has 1 aromatic heterocycles. The Morgan fingerprint density at radius 1 is 0.735 bits per heavy atom. The highest BCUT2D eigenvalue weighted by atomic mass is 19.1. The van der Waals surface area contributed by atoms with Crippen LogP contribution in [-0.2, 0) is 6.54 Å². The van der Waals surface area contributed by atoms with E-state index in [1.54, 1.807) is 24.3 Å². The molecule has 0 atom stereocenters. The van der Waals surface area contributed by atoms with E-state index < -0.39 is 0 Å². The van der Waals surface area contributed by atoms with Crippen molar-refractivity contribution in [1.82, 2.24) is 19.7 Å². The van der Waals surface area contributed by atoms with Crippen molar-refractivity contribution in [2.45, 2.75) is 6.54 Å². The van der Waals surface area contributed by atoms with Crippen LogP contribution in [0.15, 0.2) is 72.8 Å². The Bertz CT molecular complexity index is 1250. The number of nitrogens with zero attached hydrogens (tertiary/aromatic N) is 5. The lowest BCUT2D eigenvalue weighted by Crippen LogP contribution is -2.47. The van der Waals surface area contributed by atoms with E-state index in [2.05, 4.69) is 15.9 Å². The maximum Gasteiger partial charge on any atom is 0.181 e. The molecule has 6 nitrogen and oxygen atoms in total. The predicted molar refractivity (Wildman–Crippen MR) is 130 cm³/mol. The quantitative estimate of drug-likeness (QED) is 0.435. The summed E-state index contributed by atoms with van der Waals surface area (Å²) >= 11 is 0. The molecular formula is C26H26F2N6. The lowest BCUT2D eigenvalue weighted by molar-refractivity contribution is 0.245. The van der Waals surface area contributed by atoms with Gasteiger partial charge in [-0.05, 0) is 60.7 Å². The minimum Gasteiger partial charge on any atom is -0.397 e. The first-order valence-electron chi connectivity index (χ1n) is 11.4. The van der Waals surface area contributed by atoms with Gasteiger partial charge in [-0.3, -0.25) is 4.90 Å². The molecule has 0 radical (unpaired) electrons. The van der Waals surface area contributed by atoms with Crippen LogP contribution >= 0.6 is 0 Å². The second-order valence-electron chi connectivity index (χ2n) is 8.38. The summed E-state index contributed by atoms with van der Waals surface area (Å²) < 4.78 is 28.7. The van der Waals surface area contributed by atoms with Gasteiger partial charge in [0.05, 0.1) is 17.9 Å². The van der Waals surface area contributed by atoms with Crippen LogP contribution in [0.2, 0.25) is 0 Å². The molecule has 1 fully saturated rings. The number of benzene rings is 3. The van der Waals surface area contributed by atoms with Crippen LogP contribution in [0, 0.1) is 11.6 Å². The van der Waals surface area contributed by atoms with Crippen LogP contribution in [0.1, 0.15) is 0 Å². The van der Waals surface area contributed by atoms with E-state index in [9.17, 15) is 8.78 Å². The Balaban J connectivity index is 1.31. The van der Waals surface area contributed by atoms with Gasteiger partial charge in [-0.15, -0.1) is 0 Å². The molecule has 2 N–H and O–H groups in total. The molecule has 0 saturated carbocycles. The van der Waals surface area contributed by atoms with E-state index in [1.165, 1.54) is 24.3 Å². The van der Waals surface area contributed by atoms with Gasteiger partial charge in [0.15, 0.2) is 11.6 Å². The van der Waals surface area contributed by atoms with E-state index in [0.717, 1.165) is 55.2 Å². The maximum atomic E-state index is 13.5. The van der Waals surface area contributed by atoms with Crippen molar-refractivity contribution in [1.29, 1.82) is 0 Å². The third kappa shape index (κ3) is 4.77. The van der Waals surface area contributed by atoms with Crippen LogP contribution in [0.4, 0.5) is 20.2 Å². The van der Waals surface area contributed by atoms with Crippen molar-refractivity contribution < 1.29 is 8.78 Å². The van der Waals surface area contributed by atoms with Gasteiger partial charge in [0.2, 0.25) is 0 Å². The second kappa shape index (κ2) is 9.61. The largest absolute Gasteiger partial charge is 0.397 e. The normalized spacial score (nSPS) is 14.5. The van der Waals surface area contributed by atoms with Gasteiger partial charge in [-0.1, -0.05) is 12.1 Å². The Kier molecular flexibility index (Phi) is 6.22. The summed E-state index contributed by atoms with van der Waals surface area (Å²) in [5.41, 5.74) is 9.55. The van der Waals surface area contributed by atoms with Crippen molar-refractivity contribution in [3.8, 4) is 22.8 Å². The zero-order valence-electron chi connectivity index (χ0n) is 18.7. The smallest absolute Gasteiger partial charge is 0.181 e. The van der Waals surface area contributed by atoms with Gasteiger partial charge in [0, 0.05) is 43.9 Å². The Hall–Kier alpha value is -3.78. The molecule has 2 heterocycles. The van der Waals surface area contributed by atoms with E-state index in [1.807, 2.05) is 22.9 Å². The molecule has 0 aliphatic carbocycles.